The molecule has 180 valence electrons. The van der Waals surface area contributed by atoms with Crippen LogP contribution in [0.3, 0.4) is 0 Å². The van der Waals surface area contributed by atoms with Crippen molar-refractivity contribution in [1.29, 1.82) is 0 Å². The average molecular weight is 464 g/mol. The molecule has 0 saturated carbocycles. The highest BCUT2D eigenvalue weighted by atomic mass is 15.1. The third-order valence-electron chi connectivity index (χ3n) is 6.79. The van der Waals surface area contributed by atoms with Gasteiger partial charge in [0.1, 0.15) is 0 Å². The Morgan fingerprint density at radius 3 is 1.23 bits per heavy atom. The molecule has 0 amide bonds. The molecule has 3 nitrogen and oxygen atoms in total. The Balaban J connectivity index is 1.77. The number of rotatable bonds is 9. The molecule has 4 rings (SSSR count). The van der Waals surface area contributed by atoms with Crippen LogP contribution in [0.15, 0.2) is 84.9 Å². The summed E-state index contributed by atoms with van der Waals surface area (Å²) in [6.07, 6.45) is 0. The molecule has 1 aromatic heterocycles. The Bertz CT molecular complexity index is 1140. The summed E-state index contributed by atoms with van der Waals surface area (Å²) >= 11 is 0. The zero-order chi connectivity index (χ0) is 24.8. The van der Waals surface area contributed by atoms with Crippen LogP contribution in [0.5, 0.6) is 0 Å². The predicted molar refractivity (Wildman–Crippen MR) is 152 cm³/mol. The quantitative estimate of drug-likeness (QED) is 0.250. The van der Waals surface area contributed by atoms with Crippen LogP contribution in [0.1, 0.15) is 33.3 Å². The van der Waals surface area contributed by atoms with E-state index in [1.807, 2.05) is 0 Å². The molecule has 35 heavy (non-hydrogen) atoms. The minimum absolute atomic E-state index is 0.997. The van der Waals surface area contributed by atoms with E-state index in [-0.39, 0.29) is 0 Å². The maximum atomic E-state index is 5.12. The highest BCUT2D eigenvalue weighted by Gasteiger charge is 2.11. The van der Waals surface area contributed by atoms with Gasteiger partial charge in [0.05, 0.1) is 11.4 Å². The van der Waals surface area contributed by atoms with Gasteiger partial charge in [0.2, 0.25) is 0 Å². The summed E-state index contributed by atoms with van der Waals surface area (Å²) in [6.45, 7) is 14.9. The third kappa shape index (κ3) is 5.57. The van der Waals surface area contributed by atoms with Crippen LogP contribution in [0, 0.1) is 6.92 Å². The highest BCUT2D eigenvalue weighted by molar-refractivity contribution is 5.77. The molecule has 0 N–H and O–H groups in total. The van der Waals surface area contributed by atoms with E-state index in [0.717, 1.165) is 48.7 Å². The van der Waals surface area contributed by atoms with Gasteiger partial charge < -0.3 is 9.80 Å². The normalized spacial score (nSPS) is 10.9. The lowest BCUT2D eigenvalue weighted by Crippen LogP contribution is -2.21. The van der Waals surface area contributed by atoms with E-state index in [4.69, 9.17) is 4.98 Å². The summed E-state index contributed by atoms with van der Waals surface area (Å²) in [5.41, 5.74) is 10.4. The van der Waals surface area contributed by atoms with E-state index in [1.165, 1.54) is 28.1 Å². The molecule has 0 radical (unpaired) electrons. The van der Waals surface area contributed by atoms with Crippen LogP contribution in [0.4, 0.5) is 11.4 Å². The summed E-state index contributed by atoms with van der Waals surface area (Å²) in [4.78, 5) is 9.85. The molecule has 0 fully saturated rings. The maximum absolute atomic E-state index is 5.12. The zero-order valence-corrected chi connectivity index (χ0v) is 21.8. The average Bonchev–Trinajstić information content (AvgIpc) is 2.91. The molecular formula is C32H37N3. The third-order valence-corrected chi connectivity index (χ3v) is 6.79. The molecule has 3 heteroatoms. The molecule has 4 aromatic rings. The first-order valence-corrected chi connectivity index (χ1v) is 12.9. The number of hydrogen-bond donors (Lipinski definition) is 0. The topological polar surface area (TPSA) is 19.4 Å². The van der Waals surface area contributed by atoms with Crippen molar-refractivity contribution in [3.05, 3.63) is 90.5 Å². The molecule has 3 aromatic carbocycles. The maximum Gasteiger partial charge on any atom is 0.0715 e. The van der Waals surface area contributed by atoms with Gasteiger partial charge in [-0.05, 0) is 82.1 Å². The molecular weight excluding hydrogens is 426 g/mol. The zero-order valence-electron chi connectivity index (χ0n) is 21.8. The molecule has 0 unspecified atom stereocenters. The van der Waals surface area contributed by atoms with Crippen molar-refractivity contribution >= 4 is 11.4 Å². The van der Waals surface area contributed by atoms with E-state index < -0.39 is 0 Å². The Hall–Kier alpha value is -3.59. The minimum Gasteiger partial charge on any atom is -0.372 e. The van der Waals surface area contributed by atoms with Crippen molar-refractivity contribution in [2.45, 2.75) is 34.6 Å². The number of nitrogens with zero attached hydrogens (tertiary/aromatic N) is 3. The lowest BCUT2D eigenvalue weighted by Gasteiger charge is -2.21. The van der Waals surface area contributed by atoms with E-state index in [1.54, 1.807) is 0 Å². The molecule has 0 spiro atoms. The van der Waals surface area contributed by atoms with Crippen molar-refractivity contribution < 1.29 is 0 Å². The lowest BCUT2D eigenvalue weighted by atomic mass is 9.99. The van der Waals surface area contributed by atoms with Gasteiger partial charge in [-0.25, -0.2) is 4.98 Å². The monoisotopic (exact) mass is 463 g/mol. The molecule has 0 atom stereocenters. The van der Waals surface area contributed by atoms with E-state index in [0.29, 0.717) is 0 Å². The fourth-order valence-electron chi connectivity index (χ4n) is 4.60. The van der Waals surface area contributed by atoms with Crippen LogP contribution in [0.25, 0.3) is 33.6 Å². The van der Waals surface area contributed by atoms with Crippen molar-refractivity contribution in [3.8, 4) is 33.6 Å². The fraction of sp³-hybridized carbons (Fsp3) is 0.281. The first kappa shape index (κ1) is 24.5. The van der Waals surface area contributed by atoms with E-state index in [2.05, 4.69) is 129 Å². The van der Waals surface area contributed by atoms with Gasteiger partial charge in [-0.1, -0.05) is 54.1 Å². The van der Waals surface area contributed by atoms with Crippen LogP contribution < -0.4 is 9.80 Å². The lowest BCUT2D eigenvalue weighted by molar-refractivity contribution is 0.866. The summed E-state index contributed by atoms with van der Waals surface area (Å²) in [5, 5.41) is 0. The number of aryl methyl sites for hydroxylation is 1. The van der Waals surface area contributed by atoms with Crippen LogP contribution in [0.2, 0.25) is 0 Å². The Labute approximate surface area is 211 Å². The largest absolute Gasteiger partial charge is 0.372 e. The molecule has 0 saturated heterocycles. The number of anilines is 2. The second-order valence-corrected chi connectivity index (χ2v) is 8.93. The predicted octanol–water partition coefficient (Wildman–Crippen LogP) is 8.08. The Morgan fingerprint density at radius 1 is 0.486 bits per heavy atom. The van der Waals surface area contributed by atoms with Gasteiger partial charge in [-0.2, -0.15) is 0 Å². The Kier molecular flexibility index (Phi) is 7.87. The smallest absolute Gasteiger partial charge is 0.0715 e. The van der Waals surface area contributed by atoms with Gasteiger partial charge >= 0.3 is 0 Å². The molecule has 0 aliphatic heterocycles. The molecule has 0 aliphatic rings. The standard InChI is InChI=1S/C32H37N3/c1-6-34(7-2)29-18-14-26(15-19-29)31-22-28(25-12-10-24(5)11-13-25)23-32(33-31)27-16-20-30(21-17-27)35(8-3)9-4/h10-23H,6-9H2,1-5H3. The summed E-state index contributed by atoms with van der Waals surface area (Å²) < 4.78 is 0. The van der Waals surface area contributed by atoms with Gasteiger partial charge in [0.25, 0.3) is 0 Å². The SMILES string of the molecule is CCN(CC)c1ccc(-c2cc(-c3ccc(C)cc3)cc(-c3ccc(N(CC)CC)cc3)n2)cc1. The minimum atomic E-state index is 0.997. The highest BCUT2D eigenvalue weighted by Crippen LogP contribution is 2.32. The van der Waals surface area contributed by atoms with Gasteiger partial charge in [0, 0.05) is 48.7 Å². The van der Waals surface area contributed by atoms with Gasteiger partial charge in [0.15, 0.2) is 0 Å². The molecule has 0 bridgehead atoms. The van der Waals surface area contributed by atoms with Gasteiger partial charge in [-0.3, -0.25) is 0 Å². The number of pyridine rings is 1. The van der Waals surface area contributed by atoms with E-state index >= 15 is 0 Å². The second kappa shape index (κ2) is 11.2. The Morgan fingerprint density at radius 2 is 0.857 bits per heavy atom. The van der Waals surface area contributed by atoms with Crippen LogP contribution >= 0.6 is 0 Å². The molecule has 0 aliphatic carbocycles. The van der Waals surface area contributed by atoms with Gasteiger partial charge in [-0.15, -0.1) is 0 Å². The first-order valence-electron chi connectivity index (χ1n) is 12.9. The van der Waals surface area contributed by atoms with Crippen LogP contribution in [-0.2, 0) is 0 Å². The summed E-state index contributed by atoms with van der Waals surface area (Å²) in [6, 6.07) is 30.8. The molecule has 1 heterocycles. The van der Waals surface area contributed by atoms with Crippen LogP contribution in [-0.4, -0.2) is 31.2 Å². The number of benzene rings is 3. The van der Waals surface area contributed by atoms with Crippen molar-refractivity contribution in [2.24, 2.45) is 0 Å². The van der Waals surface area contributed by atoms with Crippen molar-refractivity contribution in [3.63, 3.8) is 0 Å². The fourth-order valence-corrected chi connectivity index (χ4v) is 4.60. The summed E-state index contributed by atoms with van der Waals surface area (Å²) in [5.74, 6) is 0. The second-order valence-electron chi connectivity index (χ2n) is 8.93. The number of aromatic nitrogens is 1. The summed E-state index contributed by atoms with van der Waals surface area (Å²) in [7, 11) is 0. The van der Waals surface area contributed by atoms with Crippen molar-refractivity contribution in [1.82, 2.24) is 4.98 Å². The van der Waals surface area contributed by atoms with Crippen molar-refractivity contribution in [2.75, 3.05) is 36.0 Å². The first-order chi connectivity index (χ1) is 17.1. The van der Waals surface area contributed by atoms with E-state index in [9.17, 15) is 0 Å². The number of hydrogen-bond acceptors (Lipinski definition) is 3.